The van der Waals surface area contributed by atoms with Crippen molar-refractivity contribution in [3.8, 4) is 5.75 Å². The van der Waals surface area contributed by atoms with Crippen molar-refractivity contribution in [3.05, 3.63) is 51.4 Å². The van der Waals surface area contributed by atoms with Crippen molar-refractivity contribution in [1.82, 2.24) is 15.3 Å². The molecule has 1 unspecified atom stereocenters. The topological polar surface area (TPSA) is 96.4 Å². The Labute approximate surface area is 141 Å². The molecule has 0 fully saturated rings. The highest BCUT2D eigenvalue weighted by Gasteiger charge is 2.20. The van der Waals surface area contributed by atoms with Crippen LogP contribution in [0, 0.1) is 4.91 Å². The molecular formula is C15H17BrN4O3. The van der Waals surface area contributed by atoms with Crippen LogP contribution < -0.4 is 10.1 Å². The van der Waals surface area contributed by atoms with Crippen molar-refractivity contribution in [2.75, 3.05) is 13.7 Å². The number of amides is 1. The van der Waals surface area contributed by atoms with E-state index in [0.29, 0.717) is 18.7 Å². The Morgan fingerprint density at radius 2 is 2.35 bits per heavy atom. The molecule has 2 N–H and O–H groups in total. The zero-order chi connectivity index (χ0) is 16.7. The van der Waals surface area contributed by atoms with E-state index in [2.05, 4.69) is 36.4 Å². The molecule has 1 aromatic carbocycles. The van der Waals surface area contributed by atoms with Crippen molar-refractivity contribution in [1.29, 1.82) is 0 Å². The highest BCUT2D eigenvalue weighted by atomic mass is 79.9. The first kappa shape index (κ1) is 17.1. The zero-order valence-corrected chi connectivity index (χ0v) is 14.2. The molecule has 0 aliphatic heterocycles. The van der Waals surface area contributed by atoms with Gasteiger partial charge in [-0.3, -0.25) is 4.79 Å². The van der Waals surface area contributed by atoms with Crippen LogP contribution in [0.5, 0.6) is 5.75 Å². The summed E-state index contributed by atoms with van der Waals surface area (Å²) in [5.41, 5.74) is 1.74. The molecule has 1 aromatic heterocycles. The lowest BCUT2D eigenvalue weighted by atomic mass is 10.1. The number of aromatic amines is 1. The number of carbonyl (C=O) groups is 1. The Morgan fingerprint density at radius 3 is 2.96 bits per heavy atom. The summed E-state index contributed by atoms with van der Waals surface area (Å²) in [5.74, 6) is 0.305. The Morgan fingerprint density at radius 1 is 1.52 bits per heavy atom. The molecule has 1 amide bonds. The summed E-state index contributed by atoms with van der Waals surface area (Å²) in [5, 5.41) is 5.65. The van der Waals surface area contributed by atoms with Crippen molar-refractivity contribution in [2.45, 2.75) is 18.9 Å². The number of ether oxygens (including phenoxy) is 1. The molecule has 0 aliphatic rings. The van der Waals surface area contributed by atoms with Gasteiger partial charge in [-0.1, -0.05) is 11.2 Å². The molecule has 8 heteroatoms. The van der Waals surface area contributed by atoms with Crippen LogP contribution in [0.4, 0.5) is 0 Å². The average Bonchev–Trinajstić information content (AvgIpc) is 3.06. The number of nitrogens with zero attached hydrogens (tertiary/aromatic N) is 2. The number of H-pyrrole nitrogens is 1. The number of nitroso groups, excluding NO2 is 1. The third-order valence-electron chi connectivity index (χ3n) is 3.32. The molecule has 0 saturated carbocycles. The Kier molecular flexibility index (Phi) is 6.28. The monoisotopic (exact) mass is 380 g/mol. The van der Waals surface area contributed by atoms with Crippen LogP contribution in [0.25, 0.3) is 0 Å². The van der Waals surface area contributed by atoms with Crippen LogP contribution in [0.15, 0.2) is 40.4 Å². The quantitative estimate of drug-likeness (QED) is 0.686. The number of methoxy groups -OCH3 is 1. The summed E-state index contributed by atoms with van der Waals surface area (Å²) in [6.45, 7) is 0.416. The van der Waals surface area contributed by atoms with E-state index < -0.39 is 6.04 Å². The largest absolute Gasteiger partial charge is 0.496 e. The van der Waals surface area contributed by atoms with E-state index in [1.165, 1.54) is 0 Å². The number of aromatic nitrogens is 2. The summed E-state index contributed by atoms with van der Waals surface area (Å²) < 4.78 is 5.91. The number of halogens is 1. The van der Waals surface area contributed by atoms with Crippen LogP contribution in [0.2, 0.25) is 0 Å². The fraction of sp³-hybridized carbons (Fsp3) is 0.333. The predicted octanol–water partition coefficient (Wildman–Crippen LogP) is 2.22. The van der Waals surface area contributed by atoms with E-state index in [1.807, 2.05) is 6.07 Å². The summed E-state index contributed by atoms with van der Waals surface area (Å²) in [7, 11) is 1.57. The maximum Gasteiger partial charge on any atom is 0.248 e. The SMILES string of the molecule is COc1ccc(CC(N=O)C(=O)NCCc2cnc[nH]2)cc1Br. The third kappa shape index (κ3) is 4.88. The van der Waals surface area contributed by atoms with Gasteiger partial charge in [-0.05, 0) is 33.6 Å². The predicted molar refractivity (Wildman–Crippen MR) is 89.3 cm³/mol. The van der Waals surface area contributed by atoms with E-state index in [-0.39, 0.29) is 12.3 Å². The fourth-order valence-corrected chi connectivity index (χ4v) is 2.69. The lowest BCUT2D eigenvalue weighted by Gasteiger charge is -2.11. The van der Waals surface area contributed by atoms with E-state index in [1.54, 1.807) is 31.8 Å². The number of hydrogen-bond donors (Lipinski definition) is 2. The summed E-state index contributed by atoms with van der Waals surface area (Å²) in [6, 6.07) is 4.43. The molecule has 2 rings (SSSR count). The molecule has 0 bridgehead atoms. The van der Waals surface area contributed by atoms with Crippen LogP contribution in [0.3, 0.4) is 0 Å². The zero-order valence-electron chi connectivity index (χ0n) is 12.6. The Hall–Kier alpha value is -2.22. The van der Waals surface area contributed by atoms with Gasteiger partial charge in [0.15, 0.2) is 6.04 Å². The third-order valence-corrected chi connectivity index (χ3v) is 3.94. The molecule has 7 nitrogen and oxygen atoms in total. The second kappa shape index (κ2) is 8.42. The van der Waals surface area contributed by atoms with Crippen LogP contribution >= 0.6 is 15.9 Å². The van der Waals surface area contributed by atoms with Gasteiger partial charge in [0.2, 0.25) is 5.91 Å². The smallest absolute Gasteiger partial charge is 0.248 e. The number of nitrogens with one attached hydrogen (secondary N) is 2. The maximum atomic E-state index is 12.0. The van der Waals surface area contributed by atoms with Crippen LogP contribution in [-0.4, -0.2) is 35.6 Å². The summed E-state index contributed by atoms with van der Waals surface area (Å²) >= 11 is 3.38. The lowest BCUT2D eigenvalue weighted by molar-refractivity contribution is -0.122. The van der Waals surface area contributed by atoms with Gasteiger partial charge in [-0.25, -0.2) is 4.98 Å². The average molecular weight is 381 g/mol. The van der Waals surface area contributed by atoms with E-state index in [9.17, 15) is 9.70 Å². The van der Waals surface area contributed by atoms with Crippen molar-refractivity contribution in [3.63, 3.8) is 0 Å². The highest BCUT2D eigenvalue weighted by molar-refractivity contribution is 9.10. The van der Waals surface area contributed by atoms with Gasteiger partial charge in [0.1, 0.15) is 5.75 Å². The first-order valence-corrected chi connectivity index (χ1v) is 7.83. The fourth-order valence-electron chi connectivity index (χ4n) is 2.10. The number of imidazole rings is 1. The molecular weight excluding hydrogens is 364 g/mol. The van der Waals surface area contributed by atoms with Gasteiger partial charge in [0.25, 0.3) is 0 Å². The van der Waals surface area contributed by atoms with Gasteiger partial charge in [0.05, 0.1) is 17.9 Å². The highest BCUT2D eigenvalue weighted by Crippen LogP contribution is 2.26. The molecule has 0 saturated heterocycles. The molecule has 2 aromatic rings. The molecule has 1 heterocycles. The Balaban J connectivity index is 1.89. The summed E-state index contributed by atoms with van der Waals surface area (Å²) in [4.78, 5) is 29.9. The number of rotatable bonds is 8. The molecule has 0 spiro atoms. The Bertz CT molecular complexity index is 661. The van der Waals surface area contributed by atoms with E-state index in [0.717, 1.165) is 15.7 Å². The minimum atomic E-state index is -0.961. The van der Waals surface area contributed by atoms with Gasteiger partial charge >= 0.3 is 0 Å². The number of carbonyl (C=O) groups excluding carboxylic acids is 1. The summed E-state index contributed by atoms with van der Waals surface area (Å²) in [6.07, 6.45) is 4.12. The lowest BCUT2D eigenvalue weighted by Crippen LogP contribution is -2.35. The molecule has 0 aliphatic carbocycles. The number of hydrogen-bond acceptors (Lipinski definition) is 5. The molecule has 0 radical (unpaired) electrons. The van der Waals surface area contributed by atoms with Gasteiger partial charge in [0, 0.05) is 31.3 Å². The first-order valence-electron chi connectivity index (χ1n) is 7.04. The molecule has 1 atom stereocenters. The van der Waals surface area contributed by atoms with Crippen LogP contribution in [-0.2, 0) is 17.6 Å². The standard InChI is InChI=1S/C15H17BrN4O3/c1-23-14-3-2-10(6-12(14)16)7-13(20-22)15(21)18-5-4-11-8-17-9-19-11/h2-3,6,8-9,13H,4-5,7H2,1H3,(H,17,19)(H,18,21). The molecule has 23 heavy (non-hydrogen) atoms. The van der Waals surface area contributed by atoms with Gasteiger partial charge in [-0.15, -0.1) is 4.91 Å². The molecule has 122 valence electrons. The first-order chi connectivity index (χ1) is 11.1. The second-order valence-corrected chi connectivity index (χ2v) is 5.77. The van der Waals surface area contributed by atoms with Crippen molar-refractivity contribution < 1.29 is 9.53 Å². The van der Waals surface area contributed by atoms with E-state index in [4.69, 9.17) is 4.74 Å². The van der Waals surface area contributed by atoms with Crippen LogP contribution in [0.1, 0.15) is 11.3 Å². The number of benzene rings is 1. The van der Waals surface area contributed by atoms with Crippen molar-refractivity contribution in [2.24, 2.45) is 5.18 Å². The van der Waals surface area contributed by atoms with E-state index >= 15 is 0 Å². The van der Waals surface area contributed by atoms with Crippen molar-refractivity contribution >= 4 is 21.8 Å². The minimum Gasteiger partial charge on any atom is -0.496 e. The maximum absolute atomic E-state index is 12.0. The normalized spacial score (nSPS) is 11.7. The second-order valence-electron chi connectivity index (χ2n) is 4.91. The van der Waals surface area contributed by atoms with Gasteiger partial charge in [-0.2, -0.15) is 0 Å². The minimum absolute atomic E-state index is 0.238. The van der Waals surface area contributed by atoms with Gasteiger partial charge < -0.3 is 15.0 Å².